The highest BCUT2D eigenvalue weighted by Gasteiger charge is 2.25. The van der Waals surface area contributed by atoms with Crippen LogP contribution in [0.5, 0.6) is 0 Å². The Morgan fingerprint density at radius 1 is 1.24 bits per heavy atom. The van der Waals surface area contributed by atoms with Gasteiger partial charge in [-0.25, -0.2) is 0 Å². The quantitative estimate of drug-likeness (QED) is 0.711. The van der Waals surface area contributed by atoms with E-state index in [1.54, 1.807) is 7.11 Å². The lowest BCUT2D eigenvalue weighted by atomic mass is 9.83. The Hall–Kier alpha value is -0.160. The number of aliphatic hydroxyl groups excluding tert-OH is 2. The fraction of sp³-hybridized carbons (Fsp3) is 1.00. The summed E-state index contributed by atoms with van der Waals surface area (Å²) < 4.78 is 10.4. The van der Waals surface area contributed by atoms with Gasteiger partial charge < -0.3 is 19.7 Å². The predicted molar refractivity (Wildman–Crippen MR) is 65.9 cm³/mol. The van der Waals surface area contributed by atoms with E-state index in [4.69, 9.17) is 9.47 Å². The van der Waals surface area contributed by atoms with E-state index >= 15 is 0 Å². The maximum atomic E-state index is 9.86. The van der Waals surface area contributed by atoms with Gasteiger partial charge in [0, 0.05) is 7.11 Å². The fourth-order valence-electron chi connectivity index (χ4n) is 2.44. The molecule has 4 atom stereocenters. The summed E-state index contributed by atoms with van der Waals surface area (Å²) in [7, 11) is 1.63. The summed E-state index contributed by atoms with van der Waals surface area (Å²) in [6.07, 6.45) is 4.09. The number of hydrogen-bond donors (Lipinski definition) is 2. The standard InChI is InChI=1S/C13H26O4/c1-10(8-16-2)17-9-12(14)7-11-5-3-4-6-13(11)15/h10-15H,3-9H2,1-2H3. The average Bonchev–Trinajstić information content (AvgIpc) is 2.30. The SMILES string of the molecule is COCC(C)OCC(O)CC1CCCCC1O. The molecule has 1 rings (SSSR count). The van der Waals surface area contributed by atoms with Gasteiger partial charge in [0.15, 0.2) is 0 Å². The van der Waals surface area contributed by atoms with Crippen molar-refractivity contribution in [2.45, 2.75) is 57.3 Å². The molecule has 4 unspecified atom stereocenters. The molecular weight excluding hydrogens is 220 g/mol. The maximum absolute atomic E-state index is 9.86. The van der Waals surface area contributed by atoms with Gasteiger partial charge >= 0.3 is 0 Å². The van der Waals surface area contributed by atoms with Crippen molar-refractivity contribution in [3.8, 4) is 0 Å². The third-order valence-corrected chi connectivity index (χ3v) is 3.42. The first-order chi connectivity index (χ1) is 8.13. The van der Waals surface area contributed by atoms with Gasteiger partial charge in [-0.3, -0.25) is 0 Å². The molecule has 0 saturated heterocycles. The zero-order chi connectivity index (χ0) is 12.7. The van der Waals surface area contributed by atoms with Crippen LogP contribution in [0.1, 0.15) is 39.0 Å². The molecule has 1 aliphatic rings. The first kappa shape index (κ1) is 14.9. The van der Waals surface area contributed by atoms with Gasteiger partial charge in [-0.05, 0) is 32.1 Å². The molecule has 4 heteroatoms. The number of ether oxygens (including phenoxy) is 2. The first-order valence-electron chi connectivity index (χ1n) is 6.60. The van der Waals surface area contributed by atoms with Crippen molar-refractivity contribution >= 4 is 0 Å². The van der Waals surface area contributed by atoms with Crippen LogP contribution in [0.4, 0.5) is 0 Å². The Morgan fingerprint density at radius 2 is 1.94 bits per heavy atom. The van der Waals surface area contributed by atoms with E-state index in [9.17, 15) is 10.2 Å². The van der Waals surface area contributed by atoms with Crippen LogP contribution in [-0.2, 0) is 9.47 Å². The van der Waals surface area contributed by atoms with E-state index in [1.165, 1.54) is 0 Å². The Balaban J connectivity index is 2.17. The molecule has 1 fully saturated rings. The highest BCUT2D eigenvalue weighted by atomic mass is 16.5. The Morgan fingerprint density at radius 3 is 2.59 bits per heavy atom. The molecule has 0 bridgehead atoms. The summed E-state index contributed by atoms with van der Waals surface area (Å²) >= 11 is 0. The lowest BCUT2D eigenvalue weighted by Gasteiger charge is -2.29. The van der Waals surface area contributed by atoms with E-state index in [0.29, 0.717) is 19.6 Å². The van der Waals surface area contributed by atoms with Crippen LogP contribution in [0.25, 0.3) is 0 Å². The van der Waals surface area contributed by atoms with Crippen LogP contribution in [0.3, 0.4) is 0 Å². The number of methoxy groups -OCH3 is 1. The van der Waals surface area contributed by atoms with Crippen LogP contribution >= 0.6 is 0 Å². The van der Waals surface area contributed by atoms with Gasteiger partial charge in [0.1, 0.15) is 0 Å². The molecule has 0 heterocycles. The normalized spacial score (nSPS) is 28.9. The van der Waals surface area contributed by atoms with E-state index in [0.717, 1.165) is 25.7 Å². The number of rotatable bonds is 7. The van der Waals surface area contributed by atoms with Crippen molar-refractivity contribution in [2.75, 3.05) is 20.3 Å². The van der Waals surface area contributed by atoms with Crippen LogP contribution < -0.4 is 0 Å². The van der Waals surface area contributed by atoms with Gasteiger partial charge in [0.05, 0.1) is 31.5 Å². The second-order valence-corrected chi connectivity index (χ2v) is 5.10. The Labute approximate surface area is 104 Å². The number of aliphatic hydroxyl groups is 2. The molecule has 2 N–H and O–H groups in total. The second-order valence-electron chi connectivity index (χ2n) is 5.10. The summed E-state index contributed by atoms with van der Waals surface area (Å²) in [5.74, 6) is 0.236. The monoisotopic (exact) mass is 246 g/mol. The van der Waals surface area contributed by atoms with Crippen molar-refractivity contribution < 1.29 is 19.7 Å². The lowest BCUT2D eigenvalue weighted by Crippen LogP contribution is -2.31. The minimum absolute atomic E-state index is 0.00549. The van der Waals surface area contributed by atoms with E-state index in [-0.39, 0.29) is 18.1 Å². The fourth-order valence-corrected chi connectivity index (χ4v) is 2.44. The summed E-state index contributed by atoms with van der Waals surface area (Å²) in [6.45, 7) is 2.79. The molecule has 1 aliphatic carbocycles. The van der Waals surface area contributed by atoms with Gasteiger partial charge in [-0.15, -0.1) is 0 Å². The molecule has 0 aromatic carbocycles. The third-order valence-electron chi connectivity index (χ3n) is 3.42. The number of hydrogen-bond acceptors (Lipinski definition) is 4. The van der Waals surface area contributed by atoms with Crippen molar-refractivity contribution in [1.82, 2.24) is 0 Å². The molecule has 0 aromatic heterocycles. The van der Waals surface area contributed by atoms with E-state index < -0.39 is 6.10 Å². The minimum Gasteiger partial charge on any atom is -0.393 e. The zero-order valence-corrected chi connectivity index (χ0v) is 11.0. The second kappa shape index (κ2) is 8.03. The summed E-state index contributed by atoms with van der Waals surface area (Å²) in [4.78, 5) is 0. The summed E-state index contributed by atoms with van der Waals surface area (Å²) in [6, 6.07) is 0. The molecular formula is C13H26O4. The smallest absolute Gasteiger partial charge is 0.0781 e. The van der Waals surface area contributed by atoms with Crippen molar-refractivity contribution in [3.63, 3.8) is 0 Å². The van der Waals surface area contributed by atoms with Crippen LogP contribution in [0, 0.1) is 5.92 Å². The molecule has 17 heavy (non-hydrogen) atoms. The minimum atomic E-state index is -0.480. The molecule has 0 aromatic rings. The van der Waals surface area contributed by atoms with Gasteiger partial charge in [-0.2, -0.15) is 0 Å². The molecule has 0 spiro atoms. The topological polar surface area (TPSA) is 58.9 Å². The first-order valence-corrected chi connectivity index (χ1v) is 6.60. The van der Waals surface area contributed by atoms with E-state index in [2.05, 4.69) is 0 Å². The van der Waals surface area contributed by atoms with Crippen molar-refractivity contribution in [2.24, 2.45) is 5.92 Å². The van der Waals surface area contributed by atoms with Crippen LogP contribution in [0.2, 0.25) is 0 Å². The largest absolute Gasteiger partial charge is 0.393 e. The van der Waals surface area contributed by atoms with Gasteiger partial charge in [0.2, 0.25) is 0 Å². The maximum Gasteiger partial charge on any atom is 0.0781 e. The average molecular weight is 246 g/mol. The van der Waals surface area contributed by atoms with Crippen LogP contribution in [-0.4, -0.2) is 48.8 Å². The van der Waals surface area contributed by atoms with Gasteiger partial charge in [0.25, 0.3) is 0 Å². The Bertz CT molecular complexity index is 198. The summed E-state index contributed by atoms with van der Waals surface area (Å²) in [5, 5.41) is 19.7. The van der Waals surface area contributed by atoms with Crippen molar-refractivity contribution in [3.05, 3.63) is 0 Å². The molecule has 0 aliphatic heterocycles. The molecule has 1 saturated carbocycles. The van der Waals surface area contributed by atoms with E-state index in [1.807, 2.05) is 6.92 Å². The lowest BCUT2D eigenvalue weighted by molar-refractivity contribution is -0.0470. The third kappa shape index (κ3) is 5.82. The molecule has 4 nitrogen and oxygen atoms in total. The summed E-state index contributed by atoms with van der Waals surface area (Å²) in [5.41, 5.74) is 0. The molecule has 102 valence electrons. The highest BCUT2D eigenvalue weighted by Crippen LogP contribution is 2.28. The zero-order valence-electron chi connectivity index (χ0n) is 11.0. The van der Waals surface area contributed by atoms with Gasteiger partial charge in [-0.1, -0.05) is 12.8 Å². The highest BCUT2D eigenvalue weighted by molar-refractivity contribution is 4.77. The molecule has 0 amide bonds. The predicted octanol–water partition coefficient (Wildman–Crippen LogP) is 1.34. The Kier molecular flexibility index (Phi) is 7.04. The van der Waals surface area contributed by atoms with Crippen molar-refractivity contribution in [1.29, 1.82) is 0 Å². The molecule has 0 radical (unpaired) electrons. The van der Waals surface area contributed by atoms with Crippen LogP contribution in [0.15, 0.2) is 0 Å².